The van der Waals surface area contributed by atoms with E-state index in [1.54, 1.807) is 24.9 Å². The molecular formula is C18H18N2O3S. The predicted octanol–water partition coefficient (Wildman–Crippen LogP) is 3.69. The summed E-state index contributed by atoms with van der Waals surface area (Å²) in [4.78, 5) is 16.0. The van der Waals surface area contributed by atoms with E-state index in [0.29, 0.717) is 21.7 Å². The second kappa shape index (κ2) is 6.49. The lowest BCUT2D eigenvalue weighted by Gasteiger charge is -2.18. The first kappa shape index (κ1) is 16.3. The summed E-state index contributed by atoms with van der Waals surface area (Å²) >= 11 is 5.40. The molecule has 5 nitrogen and oxygen atoms in total. The van der Waals surface area contributed by atoms with E-state index in [1.807, 2.05) is 43.3 Å². The largest absolute Gasteiger partial charge is 0.493 e. The van der Waals surface area contributed by atoms with Crippen LogP contribution in [0.15, 0.2) is 47.3 Å². The first-order valence-electron chi connectivity index (χ1n) is 7.52. The van der Waals surface area contributed by atoms with Gasteiger partial charge in [0, 0.05) is 0 Å². The van der Waals surface area contributed by atoms with Gasteiger partial charge in [-0.3, -0.25) is 9.36 Å². The number of aromatic nitrogens is 2. The fourth-order valence-electron chi connectivity index (χ4n) is 2.79. The van der Waals surface area contributed by atoms with E-state index in [1.165, 1.54) is 0 Å². The number of ether oxygens (including phenoxy) is 2. The standard InChI is InChI=1S/C18H18N2O3S/c1-11(12-8-9-15(22-2)16(10-12)23-3)20-17(21)13-6-4-5-7-14(13)19-18(20)24/h4-11H,1-3H3,(H,19,24). The molecule has 124 valence electrons. The second-order valence-electron chi connectivity index (χ2n) is 5.44. The first-order chi connectivity index (χ1) is 11.6. The number of hydrogen-bond donors (Lipinski definition) is 1. The van der Waals surface area contributed by atoms with Crippen LogP contribution in [0.5, 0.6) is 11.5 Å². The molecule has 3 rings (SSSR count). The number of H-pyrrole nitrogens is 1. The van der Waals surface area contributed by atoms with Gasteiger partial charge in [-0.05, 0) is 49.0 Å². The van der Waals surface area contributed by atoms with Crippen LogP contribution in [-0.2, 0) is 0 Å². The maximum Gasteiger partial charge on any atom is 0.262 e. The van der Waals surface area contributed by atoms with Crippen LogP contribution in [0, 0.1) is 4.77 Å². The number of fused-ring (bicyclic) bond motifs is 1. The summed E-state index contributed by atoms with van der Waals surface area (Å²) in [5, 5.41) is 0.610. The van der Waals surface area contributed by atoms with Crippen LogP contribution in [0.1, 0.15) is 18.5 Å². The molecule has 0 saturated carbocycles. The summed E-state index contributed by atoms with van der Waals surface area (Å²) < 4.78 is 12.6. The van der Waals surface area contributed by atoms with Crippen molar-refractivity contribution < 1.29 is 9.47 Å². The van der Waals surface area contributed by atoms with Gasteiger partial charge in [0.25, 0.3) is 5.56 Å². The molecule has 0 aliphatic rings. The van der Waals surface area contributed by atoms with Crippen LogP contribution in [0.3, 0.4) is 0 Å². The van der Waals surface area contributed by atoms with Gasteiger partial charge in [0.2, 0.25) is 0 Å². The van der Waals surface area contributed by atoms with Crippen LogP contribution >= 0.6 is 12.2 Å². The van der Waals surface area contributed by atoms with Crippen molar-refractivity contribution in [3.63, 3.8) is 0 Å². The van der Waals surface area contributed by atoms with Gasteiger partial charge < -0.3 is 14.5 Å². The number of methoxy groups -OCH3 is 2. The Morgan fingerprint density at radius 1 is 1.08 bits per heavy atom. The Labute approximate surface area is 144 Å². The SMILES string of the molecule is COc1ccc(C(C)n2c(=S)[nH]c3ccccc3c2=O)cc1OC. The highest BCUT2D eigenvalue weighted by Crippen LogP contribution is 2.30. The Kier molecular flexibility index (Phi) is 4.40. The van der Waals surface area contributed by atoms with Crippen molar-refractivity contribution in [3.8, 4) is 11.5 Å². The molecule has 0 aliphatic carbocycles. The molecule has 0 bridgehead atoms. The Balaban J connectivity index is 2.17. The maximum atomic E-state index is 12.9. The molecule has 0 aliphatic heterocycles. The van der Waals surface area contributed by atoms with Crippen LogP contribution < -0.4 is 15.0 Å². The molecule has 0 spiro atoms. The summed E-state index contributed by atoms with van der Waals surface area (Å²) in [6.07, 6.45) is 0. The zero-order valence-corrected chi connectivity index (χ0v) is 14.5. The Bertz CT molecular complexity index is 1010. The molecule has 0 amide bonds. The molecule has 1 atom stereocenters. The van der Waals surface area contributed by atoms with E-state index >= 15 is 0 Å². The van der Waals surface area contributed by atoms with Crippen molar-refractivity contribution in [2.45, 2.75) is 13.0 Å². The third-order valence-corrected chi connectivity index (χ3v) is 4.41. The van der Waals surface area contributed by atoms with E-state index in [0.717, 1.165) is 11.1 Å². The van der Waals surface area contributed by atoms with Crippen LogP contribution in [0.2, 0.25) is 0 Å². The highest BCUT2D eigenvalue weighted by molar-refractivity contribution is 7.71. The lowest BCUT2D eigenvalue weighted by atomic mass is 10.1. The number of rotatable bonds is 4. The Hall–Kier alpha value is -2.60. The minimum absolute atomic E-state index is 0.114. The summed E-state index contributed by atoms with van der Waals surface area (Å²) in [6, 6.07) is 12.7. The minimum atomic E-state index is -0.245. The highest BCUT2D eigenvalue weighted by atomic mass is 32.1. The topological polar surface area (TPSA) is 56.2 Å². The van der Waals surface area contributed by atoms with Crippen LogP contribution in [-0.4, -0.2) is 23.8 Å². The summed E-state index contributed by atoms with van der Waals surface area (Å²) in [7, 11) is 3.17. The summed E-state index contributed by atoms with van der Waals surface area (Å²) in [5.74, 6) is 1.26. The van der Waals surface area contributed by atoms with Gasteiger partial charge in [0.05, 0.1) is 31.2 Å². The molecule has 1 unspecified atom stereocenters. The van der Waals surface area contributed by atoms with E-state index in [2.05, 4.69) is 4.98 Å². The van der Waals surface area contributed by atoms with Crippen molar-refractivity contribution in [2.75, 3.05) is 14.2 Å². The van der Waals surface area contributed by atoms with Crippen molar-refractivity contribution in [2.24, 2.45) is 0 Å². The highest BCUT2D eigenvalue weighted by Gasteiger charge is 2.15. The van der Waals surface area contributed by atoms with Gasteiger partial charge in [-0.2, -0.15) is 0 Å². The third-order valence-electron chi connectivity index (χ3n) is 4.11. The molecular weight excluding hydrogens is 324 g/mol. The van der Waals surface area contributed by atoms with E-state index < -0.39 is 0 Å². The number of para-hydroxylation sites is 1. The van der Waals surface area contributed by atoms with Gasteiger partial charge >= 0.3 is 0 Å². The van der Waals surface area contributed by atoms with Crippen molar-refractivity contribution in [3.05, 3.63) is 63.2 Å². The van der Waals surface area contributed by atoms with E-state index in [4.69, 9.17) is 21.7 Å². The average molecular weight is 342 g/mol. The number of hydrogen-bond acceptors (Lipinski definition) is 4. The molecule has 24 heavy (non-hydrogen) atoms. The summed E-state index contributed by atoms with van der Waals surface area (Å²) in [6.45, 7) is 1.93. The number of nitrogens with one attached hydrogen (secondary N) is 1. The van der Waals surface area contributed by atoms with Gasteiger partial charge in [-0.15, -0.1) is 0 Å². The molecule has 0 fully saturated rings. The zero-order chi connectivity index (χ0) is 17.3. The molecule has 0 saturated heterocycles. The van der Waals surface area contributed by atoms with E-state index in [-0.39, 0.29) is 11.6 Å². The molecule has 6 heteroatoms. The van der Waals surface area contributed by atoms with Crippen molar-refractivity contribution in [1.29, 1.82) is 0 Å². The van der Waals surface area contributed by atoms with Crippen LogP contribution in [0.25, 0.3) is 10.9 Å². The normalized spacial score (nSPS) is 12.1. The predicted molar refractivity (Wildman–Crippen MR) is 96.8 cm³/mol. The Morgan fingerprint density at radius 2 is 1.79 bits per heavy atom. The first-order valence-corrected chi connectivity index (χ1v) is 7.93. The van der Waals surface area contributed by atoms with E-state index in [9.17, 15) is 4.79 Å². The average Bonchev–Trinajstić information content (AvgIpc) is 2.61. The smallest absolute Gasteiger partial charge is 0.262 e. The van der Waals surface area contributed by atoms with Crippen molar-refractivity contribution >= 4 is 23.1 Å². The van der Waals surface area contributed by atoms with Gasteiger partial charge in [-0.1, -0.05) is 18.2 Å². The fourth-order valence-corrected chi connectivity index (χ4v) is 3.14. The molecule has 2 aromatic carbocycles. The molecule has 1 N–H and O–H groups in total. The molecule has 3 aromatic rings. The number of nitrogens with zero attached hydrogens (tertiary/aromatic N) is 1. The zero-order valence-electron chi connectivity index (χ0n) is 13.7. The molecule has 1 aromatic heterocycles. The fraction of sp³-hybridized carbons (Fsp3) is 0.222. The Morgan fingerprint density at radius 3 is 2.50 bits per heavy atom. The van der Waals surface area contributed by atoms with Gasteiger partial charge in [-0.25, -0.2) is 0 Å². The lowest BCUT2D eigenvalue weighted by Crippen LogP contribution is -2.25. The summed E-state index contributed by atoms with van der Waals surface area (Å²) in [5.41, 5.74) is 1.53. The van der Waals surface area contributed by atoms with Gasteiger partial charge in [0.1, 0.15) is 0 Å². The quantitative estimate of drug-likeness (QED) is 0.735. The monoisotopic (exact) mass is 342 g/mol. The third kappa shape index (κ3) is 2.69. The minimum Gasteiger partial charge on any atom is -0.493 e. The van der Waals surface area contributed by atoms with Crippen LogP contribution in [0.4, 0.5) is 0 Å². The second-order valence-corrected chi connectivity index (χ2v) is 5.83. The van der Waals surface area contributed by atoms with Gasteiger partial charge in [0.15, 0.2) is 16.3 Å². The lowest BCUT2D eigenvalue weighted by molar-refractivity contribution is 0.354. The molecule has 1 heterocycles. The number of aromatic amines is 1. The number of benzene rings is 2. The molecule has 0 radical (unpaired) electrons. The maximum absolute atomic E-state index is 12.9. The van der Waals surface area contributed by atoms with Crippen molar-refractivity contribution in [1.82, 2.24) is 9.55 Å².